The molecule has 4 rings (SSSR count). The number of ether oxygens (including phenoxy) is 2. The lowest BCUT2D eigenvalue weighted by Crippen LogP contribution is -2.56. The number of methoxy groups -OCH3 is 2. The van der Waals surface area contributed by atoms with E-state index in [-0.39, 0.29) is 11.8 Å². The van der Waals surface area contributed by atoms with Crippen molar-refractivity contribution in [3.63, 3.8) is 0 Å². The number of hydrogen-bond acceptors (Lipinski definition) is 5. The van der Waals surface area contributed by atoms with Crippen LogP contribution in [-0.4, -0.2) is 60.2 Å². The van der Waals surface area contributed by atoms with Crippen LogP contribution in [0.25, 0.3) is 0 Å². The van der Waals surface area contributed by atoms with Crippen LogP contribution in [0.5, 0.6) is 5.75 Å². The Morgan fingerprint density at radius 1 is 1.30 bits per heavy atom. The highest BCUT2D eigenvalue weighted by molar-refractivity contribution is 5.86. The first-order chi connectivity index (χ1) is 13.2. The Kier molecular flexibility index (Phi) is 4.88. The first-order valence-electron chi connectivity index (χ1n) is 9.38. The van der Waals surface area contributed by atoms with Gasteiger partial charge in [0.25, 0.3) is 5.91 Å². The number of nitrogens with one attached hydrogen (secondary N) is 2. The van der Waals surface area contributed by atoms with Crippen molar-refractivity contribution in [1.82, 2.24) is 20.2 Å². The highest BCUT2D eigenvalue weighted by Gasteiger charge is 2.44. The van der Waals surface area contributed by atoms with E-state index >= 15 is 0 Å². The lowest BCUT2D eigenvalue weighted by Gasteiger charge is -2.41. The summed E-state index contributed by atoms with van der Waals surface area (Å²) < 4.78 is 11.1. The Morgan fingerprint density at radius 3 is 2.85 bits per heavy atom. The van der Waals surface area contributed by atoms with E-state index in [2.05, 4.69) is 21.4 Å². The molecule has 1 aromatic carbocycles. The van der Waals surface area contributed by atoms with Crippen LogP contribution in [0.3, 0.4) is 0 Å². The number of piperidine rings is 1. The second-order valence-electron chi connectivity index (χ2n) is 7.23. The van der Waals surface area contributed by atoms with E-state index in [1.54, 1.807) is 20.5 Å². The van der Waals surface area contributed by atoms with Crippen LogP contribution in [0.2, 0.25) is 0 Å². The summed E-state index contributed by atoms with van der Waals surface area (Å²) in [5, 5.41) is 3.31. The van der Waals surface area contributed by atoms with Crippen LogP contribution in [0.4, 0.5) is 0 Å². The number of carbonyl (C=O) groups excluding carboxylic acids is 1. The number of carbonyl (C=O) groups is 1. The van der Waals surface area contributed by atoms with Crippen LogP contribution < -0.4 is 10.1 Å². The highest BCUT2D eigenvalue weighted by Crippen LogP contribution is 2.35. The molecule has 0 spiro atoms. The maximum atomic E-state index is 13.5. The topological polar surface area (TPSA) is 79.5 Å². The first kappa shape index (κ1) is 18.0. The summed E-state index contributed by atoms with van der Waals surface area (Å²) in [5.41, 5.74) is 2.35. The minimum Gasteiger partial charge on any atom is -0.497 e. The lowest BCUT2D eigenvalue weighted by atomic mass is 9.87. The summed E-state index contributed by atoms with van der Waals surface area (Å²) in [6, 6.07) is 7.99. The second-order valence-corrected chi connectivity index (χ2v) is 7.23. The van der Waals surface area contributed by atoms with E-state index in [4.69, 9.17) is 9.47 Å². The van der Waals surface area contributed by atoms with Gasteiger partial charge in [-0.05, 0) is 43.6 Å². The van der Waals surface area contributed by atoms with E-state index < -0.39 is 5.60 Å². The molecule has 2 aromatic rings. The smallest absolute Gasteiger partial charge is 0.255 e. The molecule has 2 N–H and O–H groups in total. The van der Waals surface area contributed by atoms with Gasteiger partial charge in [-0.1, -0.05) is 12.1 Å². The van der Waals surface area contributed by atoms with Gasteiger partial charge in [-0.15, -0.1) is 0 Å². The van der Waals surface area contributed by atoms with Crippen LogP contribution in [0.1, 0.15) is 35.7 Å². The van der Waals surface area contributed by atoms with E-state index in [0.29, 0.717) is 25.9 Å². The lowest BCUT2D eigenvalue weighted by molar-refractivity contribution is -0.159. The van der Waals surface area contributed by atoms with Gasteiger partial charge in [0.2, 0.25) is 0 Å². The molecule has 1 saturated heterocycles. The Morgan fingerprint density at radius 2 is 2.11 bits per heavy atom. The van der Waals surface area contributed by atoms with Gasteiger partial charge in [-0.2, -0.15) is 0 Å². The summed E-state index contributed by atoms with van der Waals surface area (Å²) in [7, 11) is 3.31. The summed E-state index contributed by atoms with van der Waals surface area (Å²) >= 11 is 0. The molecule has 7 nitrogen and oxygen atoms in total. The molecule has 2 aliphatic rings. The quantitative estimate of drug-likeness (QED) is 0.856. The third-order valence-corrected chi connectivity index (χ3v) is 5.81. The molecule has 1 unspecified atom stereocenters. The van der Waals surface area contributed by atoms with Gasteiger partial charge in [0.15, 0.2) is 0 Å². The van der Waals surface area contributed by atoms with Gasteiger partial charge in [0, 0.05) is 19.6 Å². The second kappa shape index (κ2) is 7.32. The minimum atomic E-state index is -0.734. The zero-order valence-corrected chi connectivity index (χ0v) is 15.8. The molecular weight excluding hydrogens is 344 g/mol. The number of imidazole rings is 1. The van der Waals surface area contributed by atoms with Crippen LogP contribution in [-0.2, 0) is 16.1 Å². The van der Waals surface area contributed by atoms with Crippen LogP contribution in [0, 0.1) is 0 Å². The summed E-state index contributed by atoms with van der Waals surface area (Å²) in [6.45, 7) is 2.71. The molecule has 0 aliphatic carbocycles. The molecule has 0 radical (unpaired) electrons. The summed E-state index contributed by atoms with van der Waals surface area (Å²) in [6.07, 6.45) is 3.10. The fourth-order valence-electron chi connectivity index (χ4n) is 4.22. The Balaban J connectivity index is 1.66. The molecule has 7 heteroatoms. The SMILES string of the molecule is COc1cccc(C2CN(C(=O)C3(OC)CCNCC3)Cc3[nH]cnc32)c1. The normalized spacial score (nSPS) is 21.6. The van der Waals surface area contributed by atoms with Gasteiger partial charge < -0.3 is 24.7 Å². The van der Waals surface area contributed by atoms with E-state index in [9.17, 15) is 4.79 Å². The van der Waals surface area contributed by atoms with Crippen molar-refractivity contribution in [2.75, 3.05) is 33.9 Å². The molecule has 27 heavy (non-hydrogen) atoms. The zero-order valence-electron chi connectivity index (χ0n) is 15.8. The molecule has 1 amide bonds. The van der Waals surface area contributed by atoms with Gasteiger partial charge in [0.1, 0.15) is 11.4 Å². The predicted octanol–water partition coefficient (Wildman–Crippen LogP) is 1.66. The minimum absolute atomic E-state index is 0.00896. The van der Waals surface area contributed by atoms with E-state index in [1.807, 2.05) is 23.1 Å². The maximum absolute atomic E-state index is 13.5. The van der Waals surface area contributed by atoms with Gasteiger partial charge in [-0.3, -0.25) is 4.79 Å². The molecule has 1 atom stereocenters. The molecule has 3 heterocycles. The largest absolute Gasteiger partial charge is 0.497 e. The molecule has 1 fully saturated rings. The number of benzene rings is 1. The Labute approximate surface area is 159 Å². The number of H-pyrrole nitrogens is 1. The van der Waals surface area contributed by atoms with Gasteiger partial charge >= 0.3 is 0 Å². The van der Waals surface area contributed by atoms with Crippen molar-refractivity contribution in [2.45, 2.75) is 30.9 Å². The van der Waals surface area contributed by atoms with Crippen molar-refractivity contribution in [3.8, 4) is 5.75 Å². The number of amides is 1. The van der Waals surface area contributed by atoms with Crippen LogP contribution in [0.15, 0.2) is 30.6 Å². The molecule has 0 saturated carbocycles. The monoisotopic (exact) mass is 370 g/mol. The molecular formula is C20H26N4O3. The van der Waals surface area contributed by atoms with E-state index in [0.717, 1.165) is 35.8 Å². The number of hydrogen-bond donors (Lipinski definition) is 2. The number of aromatic amines is 1. The average molecular weight is 370 g/mol. The van der Waals surface area contributed by atoms with E-state index in [1.165, 1.54) is 0 Å². The summed E-state index contributed by atoms with van der Waals surface area (Å²) in [5.74, 6) is 0.883. The van der Waals surface area contributed by atoms with Crippen LogP contribution >= 0.6 is 0 Å². The van der Waals surface area contributed by atoms with Crippen molar-refractivity contribution < 1.29 is 14.3 Å². The van der Waals surface area contributed by atoms with Crippen molar-refractivity contribution in [1.29, 1.82) is 0 Å². The Hall–Kier alpha value is -2.38. The maximum Gasteiger partial charge on any atom is 0.255 e. The number of nitrogens with zero attached hydrogens (tertiary/aromatic N) is 2. The third kappa shape index (κ3) is 3.21. The molecule has 0 bridgehead atoms. The summed E-state index contributed by atoms with van der Waals surface area (Å²) in [4.78, 5) is 23.1. The predicted molar refractivity (Wildman–Crippen MR) is 101 cm³/mol. The fraction of sp³-hybridized carbons (Fsp3) is 0.500. The van der Waals surface area contributed by atoms with Gasteiger partial charge in [0.05, 0.1) is 31.4 Å². The molecule has 1 aromatic heterocycles. The van der Waals surface area contributed by atoms with Crippen molar-refractivity contribution in [3.05, 3.63) is 47.5 Å². The standard InChI is InChI=1S/C20H26N4O3/c1-26-15-5-3-4-14(10-15)16-11-24(12-17-18(16)23-13-22-17)19(25)20(27-2)6-8-21-9-7-20/h3-5,10,13,16,21H,6-9,11-12H2,1-2H3,(H,22,23). The molecule has 2 aliphatic heterocycles. The average Bonchev–Trinajstić information content (AvgIpc) is 3.21. The van der Waals surface area contributed by atoms with Gasteiger partial charge in [-0.25, -0.2) is 4.98 Å². The Bertz CT molecular complexity index is 813. The zero-order chi connectivity index (χ0) is 18.9. The number of fused-ring (bicyclic) bond motifs is 1. The number of aromatic nitrogens is 2. The third-order valence-electron chi connectivity index (χ3n) is 5.81. The van der Waals surface area contributed by atoms with Crippen molar-refractivity contribution >= 4 is 5.91 Å². The number of rotatable bonds is 4. The first-order valence-corrected chi connectivity index (χ1v) is 9.38. The highest BCUT2D eigenvalue weighted by atomic mass is 16.5. The van der Waals surface area contributed by atoms with Crippen molar-refractivity contribution in [2.24, 2.45) is 0 Å². The fourth-order valence-corrected chi connectivity index (χ4v) is 4.22. The molecule has 144 valence electrons.